The van der Waals surface area contributed by atoms with Crippen molar-refractivity contribution in [1.29, 1.82) is 0 Å². The fourth-order valence-electron chi connectivity index (χ4n) is 3.23. The minimum absolute atomic E-state index is 0.181. The number of fused-ring (bicyclic) bond motifs is 1. The van der Waals surface area contributed by atoms with E-state index in [1.807, 2.05) is 26.8 Å². The first-order valence-corrected chi connectivity index (χ1v) is 8.41. The number of rotatable bonds is 3. The monoisotopic (exact) mass is 318 g/mol. The quantitative estimate of drug-likeness (QED) is 0.896. The molecular formula is C18H26N2O3. The normalized spacial score (nSPS) is 23.1. The van der Waals surface area contributed by atoms with Crippen molar-refractivity contribution >= 4 is 11.8 Å². The highest BCUT2D eigenvalue weighted by Gasteiger charge is 2.27. The van der Waals surface area contributed by atoms with Crippen LogP contribution in [0.2, 0.25) is 0 Å². The van der Waals surface area contributed by atoms with Crippen molar-refractivity contribution < 1.29 is 14.3 Å². The summed E-state index contributed by atoms with van der Waals surface area (Å²) in [5.74, 6) is 1.01. The van der Waals surface area contributed by atoms with Crippen LogP contribution in [0.5, 0.6) is 5.75 Å². The topological polar surface area (TPSA) is 59.6 Å². The van der Waals surface area contributed by atoms with E-state index in [1.165, 1.54) is 5.56 Å². The zero-order valence-electron chi connectivity index (χ0n) is 14.1. The number of alkyl carbamates (subject to hydrolysis) is 1. The van der Waals surface area contributed by atoms with Gasteiger partial charge in [0.2, 0.25) is 0 Å². The van der Waals surface area contributed by atoms with Crippen LogP contribution in [0.15, 0.2) is 18.2 Å². The van der Waals surface area contributed by atoms with E-state index in [1.54, 1.807) is 0 Å². The molecule has 2 unspecified atom stereocenters. The maximum atomic E-state index is 11.8. The van der Waals surface area contributed by atoms with Crippen LogP contribution in [0.1, 0.15) is 45.6 Å². The fourth-order valence-corrected chi connectivity index (χ4v) is 3.23. The van der Waals surface area contributed by atoms with Gasteiger partial charge >= 0.3 is 6.09 Å². The molecule has 1 amide bonds. The molecule has 0 bridgehead atoms. The van der Waals surface area contributed by atoms with E-state index in [0.717, 1.165) is 43.7 Å². The molecule has 0 saturated heterocycles. The fraction of sp³-hybridized carbons (Fsp3) is 0.611. The Balaban J connectivity index is 1.49. The van der Waals surface area contributed by atoms with E-state index in [2.05, 4.69) is 22.8 Å². The molecule has 1 heterocycles. The summed E-state index contributed by atoms with van der Waals surface area (Å²) in [5.41, 5.74) is 1.96. The molecule has 2 atom stereocenters. The summed E-state index contributed by atoms with van der Waals surface area (Å²) in [5, 5.41) is 6.55. The molecule has 3 rings (SSSR count). The number of carbonyl (C=O) groups is 1. The Morgan fingerprint density at radius 3 is 2.83 bits per heavy atom. The van der Waals surface area contributed by atoms with Crippen molar-refractivity contribution in [3.63, 3.8) is 0 Å². The SMILES string of the molecule is CC(C)(C)OC(=O)NC1CCC(Nc2ccc3c(c2)CCO3)C1. The van der Waals surface area contributed by atoms with Gasteiger partial charge in [0.15, 0.2) is 0 Å². The first-order chi connectivity index (χ1) is 10.9. The first-order valence-electron chi connectivity index (χ1n) is 8.41. The van der Waals surface area contributed by atoms with Gasteiger partial charge in [0.25, 0.3) is 0 Å². The van der Waals surface area contributed by atoms with Gasteiger partial charge in [-0.25, -0.2) is 4.79 Å². The van der Waals surface area contributed by atoms with Crippen molar-refractivity contribution in [2.45, 2.75) is 64.1 Å². The lowest BCUT2D eigenvalue weighted by Gasteiger charge is -2.22. The average Bonchev–Trinajstić information content (AvgIpc) is 3.05. The van der Waals surface area contributed by atoms with Crippen LogP contribution in [-0.4, -0.2) is 30.4 Å². The molecule has 2 aliphatic rings. The Morgan fingerprint density at radius 1 is 1.26 bits per heavy atom. The van der Waals surface area contributed by atoms with Gasteiger partial charge < -0.3 is 20.1 Å². The molecule has 5 nitrogen and oxygen atoms in total. The zero-order chi connectivity index (χ0) is 16.4. The van der Waals surface area contributed by atoms with E-state index >= 15 is 0 Å². The van der Waals surface area contributed by atoms with Gasteiger partial charge in [-0.15, -0.1) is 0 Å². The van der Waals surface area contributed by atoms with Gasteiger partial charge in [0, 0.05) is 24.2 Å². The molecule has 1 aliphatic heterocycles. The van der Waals surface area contributed by atoms with Crippen LogP contribution in [0.3, 0.4) is 0 Å². The molecule has 5 heteroatoms. The van der Waals surface area contributed by atoms with Gasteiger partial charge in [0.1, 0.15) is 11.4 Å². The van der Waals surface area contributed by atoms with Crippen LogP contribution < -0.4 is 15.4 Å². The minimum atomic E-state index is -0.452. The summed E-state index contributed by atoms with van der Waals surface area (Å²) < 4.78 is 10.9. The van der Waals surface area contributed by atoms with E-state index in [-0.39, 0.29) is 12.1 Å². The smallest absolute Gasteiger partial charge is 0.407 e. The highest BCUT2D eigenvalue weighted by molar-refractivity contribution is 5.68. The summed E-state index contributed by atoms with van der Waals surface area (Å²) >= 11 is 0. The van der Waals surface area contributed by atoms with E-state index < -0.39 is 5.60 Å². The summed E-state index contributed by atoms with van der Waals surface area (Å²) in [6.45, 7) is 6.42. The van der Waals surface area contributed by atoms with Crippen LogP contribution >= 0.6 is 0 Å². The van der Waals surface area contributed by atoms with E-state index in [4.69, 9.17) is 9.47 Å². The standard InChI is InChI=1S/C18H26N2O3/c1-18(2,3)23-17(21)20-15-5-4-14(11-15)19-13-6-7-16-12(10-13)8-9-22-16/h6-7,10,14-15,19H,4-5,8-9,11H2,1-3H3,(H,20,21). The Bertz CT molecular complexity index is 580. The molecule has 1 saturated carbocycles. The Labute approximate surface area is 137 Å². The minimum Gasteiger partial charge on any atom is -0.493 e. The molecule has 126 valence electrons. The Hall–Kier alpha value is -1.91. The number of hydrogen-bond donors (Lipinski definition) is 2. The maximum Gasteiger partial charge on any atom is 0.407 e. The van der Waals surface area contributed by atoms with Crippen molar-refractivity contribution in [1.82, 2.24) is 5.32 Å². The number of hydrogen-bond acceptors (Lipinski definition) is 4. The maximum absolute atomic E-state index is 11.8. The van der Waals surface area contributed by atoms with Crippen molar-refractivity contribution in [2.75, 3.05) is 11.9 Å². The predicted molar refractivity (Wildman–Crippen MR) is 90.1 cm³/mol. The van der Waals surface area contributed by atoms with Gasteiger partial charge in [-0.05, 0) is 63.8 Å². The summed E-state index contributed by atoms with van der Waals surface area (Å²) in [6, 6.07) is 6.85. The third kappa shape index (κ3) is 4.30. The molecule has 1 aromatic carbocycles. The van der Waals surface area contributed by atoms with E-state index in [9.17, 15) is 4.79 Å². The molecule has 1 aliphatic carbocycles. The molecule has 1 fully saturated rings. The van der Waals surface area contributed by atoms with Crippen molar-refractivity contribution in [3.05, 3.63) is 23.8 Å². The first kappa shape index (κ1) is 16.0. The van der Waals surface area contributed by atoms with Gasteiger partial charge in [-0.1, -0.05) is 0 Å². The predicted octanol–water partition coefficient (Wildman–Crippen LogP) is 3.48. The van der Waals surface area contributed by atoms with Crippen molar-refractivity contribution in [2.24, 2.45) is 0 Å². The third-order valence-corrected chi connectivity index (χ3v) is 4.21. The number of benzene rings is 1. The molecule has 0 radical (unpaired) electrons. The lowest BCUT2D eigenvalue weighted by atomic mass is 10.1. The molecule has 1 aromatic rings. The number of anilines is 1. The zero-order valence-corrected chi connectivity index (χ0v) is 14.1. The summed E-state index contributed by atoms with van der Waals surface area (Å²) in [4.78, 5) is 11.8. The average molecular weight is 318 g/mol. The number of ether oxygens (including phenoxy) is 2. The molecular weight excluding hydrogens is 292 g/mol. The number of nitrogens with one attached hydrogen (secondary N) is 2. The summed E-state index contributed by atoms with van der Waals surface area (Å²) in [6.07, 6.45) is 3.61. The molecule has 23 heavy (non-hydrogen) atoms. The lowest BCUT2D eigenvalue weighted by molar-refractivity contribution is 0.0505. The largest absolute Gasteiger partial charge is 0.493 e. The van der Waals surface area contributed by atoms with Crippen molar-refractivity contribution in [3.8, 4) is 5.75 Å². The second-order valence-corrected chi connectivity index (χ2v) is 7.42. The number of amides is 1. The Morgan fingerprint density at radius 2 is 2.04 bits per heavy atom. The van der Waals surface area contributed by atoms with E-state index in [0.29, 0.717) is 6.04 Å². The van der Waals surface area contributed by atoms with Crippen LogP contribution in [0.4, 0.5) is 10.5 Å². The third-order valence-electron chi connectivity index (χ3n) is 4.21. The van der Waals surface area contributed by atoms with Gasteiger partial charge in [-0.3, -0.25) is 0 Å². The summed E-state index contributed by atoms with van der Waals surface area (Å²) in [7, 11) is 0. The van der Waals surface area contributed by atoms with Gasteiger partial charge in [0.05, 0.1) is 6.61 Å². The molecule has 0 spiro atoms. The highest BCUT2D eigenvalue weighted by atomic mass is 16.6. The van der Waals surface area contributed by atoms with Crippen LogP contribution in [0, 0.1) is 0 Å². The second kappa shape index (κ2) is 6.30. The molecule has 2 N–H and O–H groups in total. The molecule has 0 aromatic heterocycles. The van der Waals surface area contributed by atoms with Crippen LogP contribution in [-0.2, 0) is 11.2 Å². The lowest BCUT2D eigenvalue weighted by Crippen LogP contribution is -2.38. The highest BCUT2D eigenvalue weighted by Crippen LogP contribution is 2.30. The number of carbonyl (C=O) groups excluding carboxylic acids is 1. The Kier molecular flexibility index (Phi) is 4.37. The second-order valence-electron chi connectivity index (χ2n) is 7.42. The van der Waals surface area contributed by atoms with Crippen LogP contribution in [0.25, 0.3) is 0 Å². The van der Waals surface area contributed by atoms with Gasteiger partial charge in [-0.2, -0.15) is 0 Å².